The van der Waals surface area contributed by atoms with Crippen LogP contribution in [-0.4, -0.2) is 44.2 Å². The molecule has 1 N–H and O–H groups in total. The highest BCUT2D eigenvalue weighted by Crippen LogP contribution is 2.30. The largest absolute Gasteiger partial charge is 0.490 e. The molecule has 0 fully saturated rings. The van der Waals surface area contributed by atoms with Crippen LogP contribution in [0.5, 0.6) is 11.5 Å². The Balaban J connectivity index is 1.76. The quantitative estimate of drug-likeness (QED) is 0.412. The third-order valence-electron chi connectivity index (χ3n) is 4.22. The van der Waals surface area contributed by atoms with Gasteiger partial charge in [-0.3, -0.25) is 4.79 Å². The molecule has 0 bridgehead atoms. The Hall–Kier alpha value is -2.93. The highest BCUT2D eigenvalue weighted by atomic mass is 19.3. The van der Waals surface area contributed by atoms with Gasteiger partial charge in [0.25, 0.3) is 0 Å². The number of nitrogens with zero attached hydrogens (tertiary/aromatic N) is 1. The molecular formula is C23H28F2N2O3. The van der Waals surface area contributed by atoms with Gasteiger partial charge >= 0.3 is 6.61 Å². The van der Waals surface area contributed by atoms with Crippen molar-refractivity contribution >= 4 is 12.0 Å². The number of rotatable bonds is 12. The highest BCUT2D eigenvalue weighted by Gasteiger charge is 2.11. The van der Waals surface area contributed by atoms with Gasteiger partial charge in [0.15, 0.2) is 11.5 Å². The topological polar surface area (TPSA) is 50.8 Å². The second kappa shape index (κ2) is 12.6. The number of amides is 1. The van der Waals surface area contributed by atoms with Crippen LogP contribution in [0.2, 0.25) is 0 Å². The normalized spacial score (nSPS) is 11.3. The minimum atomic E-state index is -2.93. The Morgan fingerprint density at radius 3 is 2.63 bits per heavy atom. The van der Waals surface area contributed by atoms with Gasteiger partial charge in [-0.15, -0.1) is 0 Å². The second-order valence-electron chi connectivity index (χ2n) is 6.72. The Kier molecular flexibility index (Phi) is 9.80. The number of carbonyl (C=O) groups is 1. The van der Waals surface area contributed by atoms with E-state index in [1.165, 1.54) is 17.7 Å². The predicted octanol–water partition coefficient (Wildman–Crippen LogP) is 4.34. The summed E-state index contributed by atoms with van der Waals surface area (Å²) in [4.78, 5) is 14.2. The zero-order valence-corrected chi connectivity index (χ0v) is 17.3. The fourth-order valence-corrected chi connectivity index (χ4v) is 2.86. The van der Waals surface area contributed by atoms with Crippen molar-refractivity contribution in [1.29, 1.82) is 0 Å². The molecule has 2 aromatic rings. The van der Waals surface area contributed by atoms with E-state index >= 15 is 0 Å². The molecule has 0 radical (unpaired) electrons. The summed E-state index contributed by atoms with van der Waals surface area (Å²) < 4.78 is 34.7. The van der Waals surface area contributed by atoms with Crippen molar-refractivity contribution in [3.8, 4) is 11.5 Å². The van der Waals surface area contributed by atoms with Crippen LogP contribution in [0.25, 0.3) is 6.08 Å². The molecule has 7 heteroatoms. The van der Waals surface area contributed by atoms with Crippen LogP contribution < -0.4 is 14.8 Å². The van der Waals surface area contributed by atoms with Gasteiger partial charge in [-0.25, -0.2) is 0 Å². The Morgan fingerprint density at radius 2 is 1.93 bits per heavy atom. The van der Waals surface area contributed by atoms with Crippen molar-refractivity contribution in [2.45, 2.75) is 26.5 Å². The zero-order valence-electron chi connectivity index (χ0n) is 17.3. The molecule has 0 aliphatic carbocycles. The first-order valence-corrected chi connectivity index (χ1v) is 9.88. The molecule has 0 aliphatic heterocycles. The molecule has 1 amide bonds. The average molecular weight is 418 g/mol. The van der Waals surface area contributed by atoms with Crippen LogP contribution in [0.1, 0.15) is 24.5 Å². The molecule has 0 aromatic heterocycles. The van der Waals surface area contributed by atoms with Crippen LogP contribution in [0.3, 0.4) is 0 Å². The number of alkyl halides is 2. The average Bonchev–Trinajstić information content (AvgIpc) is 2.72. The molecule has 2 rings (SSSR count). The number of halogens is 2. The van der Waals surface area contributed by atoms with Crippen LogP contribution in [0.4, 0.5) is 8.78 Å². The summed E-state index contributed by atoms with van der Waals surface area (Å²) in [5.74, 6) is -0.0403. The number of carbonyl (C=O) groups excluding carboxylic acids is 1. The lowest BCUT2D eigenvalue weighted by Gasteiger charge is -2.16. The van der Waals surface area contributed by atoms with E-state index in [0.29, 0.717) is 18.7 Å². The Labute approximate surface area is 176 Å². The fraction of sp³-hybridized carbons (Fsp3) is 0.348. The van der Waals surface area contributed by atoms with Crippen molar-refractivity contribution in [3.05, 3.63) is 65.7 Å². The maximum atomic E-state index is 12.5. The summed E-state index contributed by atoms with van der Waals surface area (Å²) in [6, 6.07) is 14.8. The van der Waals surface area contributed by atoms with Gasteiger partial charge < -0.3 is 19.7 Å². The maximum absolute atomic E-state index is 12.5. The molecule has 30 heavy (non-hydrogen) atoms. The maximum Gasteiger partial charge on any atom is 0.387 e. The van der Waals surface area contributed by atoms with Gasteiger partial charge in [-0.05, 0) is 56.3 Å². The van der Waals surface area contributed by atoms with E-state index in [1.54, 1.807) is 25.1 Å². The number of ether oxygens (including phenoxy) is 2. The third-order valence-corrected chi connectivity index (χ3v) is 4.22. The standard InChI is InChI=1S/C23H28F2N2O3/c1-3-29-21-16-18(10-12-20(21)30-23(24)25)11-13-22(28)26-14-7-15-27(2)17-19-8-5-4-6-9-19/h4-6,8-13,16,23H,3,7,14-15,17H2,1-2H3,(H,26,28)/b13-11+. The van der Waals surface area contributed by atoms with Crippen molar-refractivity contribution in [1.82, 2.24) is 10.2 Å². The van der Waals surface area contributed by atoms with E-state index in [4.69, 9.17) is 4.74 Å². The summed E-state index contributed by atoms with van der Waals surface area (Å²) in [6.45, 7) is 1.42. The van der Waals surface area contributed by atoms with Crippen molar-refractivity contribution in [3.63, 3.8) is 0 Å². The number of nitrogens with one attached hydrogen (secondary N) is 1. The molecule has 0 saturated heterocycles. The third kappa shape index (κ3) is 8.61. The minimum Gasteiger partial charge on any atom is -0.490 e. The monoisotopic (exact) mass is 418 g/mol. The number of benzene rings is 2. The minimum absolute atomic E-state index is 0.0342. The van der Waals surface area contributed by atoms with E-state index in [0.717, 1.165) is 19.5 Å². The molecule has 5 nitrogen and oxygen atoms in total. The van der Waals surface area contributed by atoms with Gasteiger partial charge in [0, 0.05) is 19.2 Å². The van der Waals surface area contributed by atoms with Crippen LogP contribution >= 0.6 is 0 Å². The fourth-order valence-electron chi connectivity index (χ4n) is 2.86. The van der Waals surface area contributed by atoms with Gasteiger partial charge in [0.05, 0.1) is 6.61 Å². The SMILES string of the molecule is CCOc1cc(/C=C/C(=O)NCCCN(C)Cc2ccccc2)ccc1OC(F)F. The highest BCUT2D eigenvalue weighted by molar-refractivity contribution is 5.91. The van der Waals surface area contributed by atoms with Gasteiger partial charge in [0.2, 0.25) is 5.91 Å². The van der Waals surface area contributed by atoms with E-state index in [-0.39, 0.29) is 17.4 Å². The van der Waals surface area contributed by atoms with Crippen molar-refractivity contribution in [2.24, 2.45) is 0 Å². The first-order chi connectivity index (χ1) is 14.5. The lowest BCUT2D eigenvalue weighted by Crippen LogP contribution is -2.26. The van der Waals surface area contributed by atoms with Crippen LogP contribution in [-0.2, 0) is 11.3 Å². The van der Waals surface area contributed by atoms with E-state index in [2.05, 4.69) is 27.1 Å². The van der Waals surface area contributed by atoms with E-state index in [1.807, 2.05) is 25.2 Å². The number of hydrogen-bond donors (Lipinski definition) is 1. The predicted molar refractivity (Wildman–Crippen MR) is 114 cm³/mol. The summed E-state index contributed by atoms with van der Waals surface area (Å²) >= 11 is 0. The van der Waals surface area contributed by atoms with E-state index in [9.17, 15) is 13.6 Å². The summed E-state index contributed by atoms with van der Waals surface area (Å²) in [7, 11) is 2.05. The summed E-state index contributed by atoms with van der Waals surface area (Å²) in [5.41, 5.74) is 1.90. The molecule has 0 spiro atoms. The first-order valence-electron chi connectivity index (χ1n) is 9.88. The van der Waals surface area contributed by atoms with Gasteiger partial charge in [-0.1, -0.05) is 36.4 Å². The summed E-state index contributed by atoms with van der Waals surface area (Å²) in [6.07, 6.45) is 3.84. The molecule has 0 aliphatic rings. The summed E-state index contributed by atoms with van der Waals surface area (Å²) in [5, 5.41) is 2.84. The molecule has 0 atom stereocenters. The van der Waals surface area contributed by atoms with Gasteiger partial charge in [0.1, 0.15) is 0 Å². The van der Waals surface area contributed by atoms with Gasteiger partial charge in [-0.2, -0.15) is 8.78 Å². The molecule has 162 valence electrons. The smallest absolute Gasteiger partial charge is 0.387 e. The first kappa shape index (κ1) is 23.3. The number of hydrogen-bond acceptors (Lipinski definition) is 4. The molecule has 2 aromatic carbocycles. The Morgan fingerprint density at radius 1 is 1.17 bits per heavy atom. The van der Waals surface area contributed by atoms with Crippen LogP contribution in [0, 0.1) is 0 Å². The zero-order chi connectivity index (χ0) is 21.8. The van der Waals surface area contributed by atoms with Crippen molar-refractivity contribution < 1.29 is 23.0 Å². The Bertz CT molecular complexity index is 813. The van der Waals surface area contributed by atoms with Crippen LogP contribution in [0.15, 0.2) is 54.6 Å². The molecular weight excluding hydrogens is 390 g/mol. The molecule has 0 saturated carbocycles. The second-order valence-corrected chi connectivity index (χ2v) is 6.72. The lowest BCUT2D eigenvalue weighted by atomic mass is 10.2. The molecule has 0 unspecified atom stereocenters. The lowest BCUT2D eigenvalue weighted by molar-refractivity contribution is -0.116. The van der Waals surface area contributed by atoms with E-state index < -0.39 is 6.61 Å². The van der Waals surface area contributed by atoms with Crippen molar-refractivity contribution in [2.75, 3.05) is 26.7 Å². The molecule has 0 heterocycles.